The number of halogens is 4. The Morgan fingerprint density at radius 3 is 2.50 bits per heavy atom. The topological polar surface area (TPSA) is 75.6 Å². The summed E-state index contributed by atoms with van der Waals surface area (Å²) >= 11 is 12.2. The lowest BCUT2D eigenvalue weighted by Gasteiger charge is -2.41. The zero-order valence-electron chi connectivity index (χ0n) is 21.7. The Balaban J connectivity index is 1.71. The monoisotopic (exact) mass is 565 g/mol. The molecule has 2 N–H and O–H groups in total. The molecule has 5 rings (SSSR count). The van der Waals surface area contributed by atoms with Crippen LogP contribution in [-0.2, 0) is 15.0 Å². The predicted octanol–water partition coefficient (Wildman–Crippen LogP) is 6.11. The van der Waals surface area contributed by atoms with Crippen molar-refractivity contribution in [2.45, 2.75) is 82.4 Å². The summed E-state index contributed by atoms with van der Waals surface area (Å²) in [6.45, 7) is 7.71. The summed E-state index contributed by atoms with van der Waals surface area (Å²) < 4.78 is 36.3. The third-order valence-corrected chi connectivity index (χ3v) is 8.77. The van der Waals surface area contributed by atoms with E-state index in [0.29, 0.717) is 19.3 Å². The van der Waals surface area contributed by atoms with Crippen molar-refractivity contribution in [3.63, 3.8) is 0 Å². The number of ether oxygens (including phenoxy) is 1. The molecular weight excluding hydrogens is 535 g/mol. The number of rotatable bonds is 5. The molecule has 0 radical (unpaired) electrons. The molecular formula is C29H31Cl2F2NO4. The normalized spacial score (nSPS) is 32.3. The molecule has 2 aliphatic heterocycles. The van der Waals surface area contributed by atoms with E-state index in [1.54, 1.807) is 13.0 Å². The fourth-order valence-corrected chi connectivity index (χ4v) is 7.15. The molecule has 0 bridgehead atoms. The second-order valence-electron chi connectivity index (χ2n) is 12.5. The van der Waals surface area contributed by atoms with E-state index in [2.05, 4.69) is 5.32 Å². The van der Waals surface area contributed by atoms with Crippen LogP contribution in [0.15, 0.2) is 30.3 Å². The predicted molar refractivity (Wildman–Crippen MR) is 141 cm³/mol. The molecule has 0 unspecified atom stereocenters. The largest absolute Gasteiger partial charge is 0.425 e. The lowest BCUT2D eigenvalue weighted by Crippen LogP contribution is -2.49. The number of ketones is 1. The van der Waals surface area contributed by atoms with Crippen LogP contribution in [0.3, 0.4) is 0 Å². The van der Waals surface area contributed by atoms with Crippen LogP contribution >= 0.6 is 23.2 Å². The zero-order valence-corrected chi connectivity index (χ0v) is 23.2. The number of nitrogens with one attached hydrogen (secondary N) is 1. The number of benzene rings is 2. The Bertz CT molecular complexity index is 1320. The van der Waals surface area contributed by atoms with Gasteiger partial charge in [-0.1, -0.05) is 56.1 Å². The molecule has 9 heteroatoms. The van der Waals surface area contributed by atoms with Gasteiger partial charge in [0, 0.05) is 30.0 Å². The minimum atomic E-state index is -1.61. The first-order valence-corrected chi connectivity index (χ1v) is 13.6. The van der Waals surface area contributed by atoms with Crippen LogP contribution < -0.4 is 10.1 Å². The van der Waals surface area contributed by atoms with Crippen molar-refractivity contribution in [2.75, 3.05) is 0 Å². The van der Waals surface area contributed by atoms with Gasteiger partial charge in [-0.05, 0) is 55.2 Å². The molecule has 2 fully saturated rings. The van der Waals surface area contributed by atoms with Gasteiger partial charge in [0.05, 0.1) is 21.7 Å². The molecule has 4 atom stereocenters. The van der Waals surface area contributed by atoms with Gasteiger partial charge in [0.25, 0.3) is 0 Å². The quantitative estimate of drug-likeness (QED) is 0.338. The Morgan fingerprint density at radius 1 is 1.18 bits per heavy atom. The number of fused-ring (bicyclic) bond motifs is 2. The van der Waals surface area contributed by atoms with E-state index >= 15 is 4.39 Å². The molecule has 204 valence electrons. The summed E-state index contributed by atoms with van der Waals surface area (Å²) in [5.41, 5.74) is -2.42. The molecule has 1 aliphatic carbocycles. The Hall–Kier alpha value is -2.06. The molecule has 2 aromatic rings. The standard InChI is InChI=1S/C29H31Cl2F2NO4/c1-27(2,3)13-22-29(16-9-19(32)18(31)10-21(16)38-26(29)36)23(15-6-5-7-17(30)24(15)33)25(34-22)20(35)8-14-11-28(4,37)12-14/h5-7,9-10,14,22-23,25,34,37H,8,11-13H2,1-4H3/t14?,22-,23+,25+,28?,29+/m1/s1. The van der Waals surface area contributed by atoms with Gasteiger partial charge in [-0.2, -0.15) is 0 Å². The number of aliphatic hydroxyl groups is 1. The second-order valence-corrected chi connectivity index (χ2v) is 13.4. The van der Waals surface area contributed by atoms with E-state index in [1.807, 2.05) is 20.8 Å². The van der Waals surface area contributed by atoms with Gasteiger partial charge in [0.15, 0.2) is 5.78 Å². The summed E-state index contributed by atoms with van der Waals surface area (Å²) in [6, 6.07) is 5.25. The first-order chi connectivity index (χ1) is 17.6. The third kappa shape index (κ3) is 4.45. The fourth-order valence-electron chi connectivity index (χ4n) is 6.82. The Morgan fingerprint density at radius 2 is 1.87 bits per heavy atom. The van der Waals surface area contributed by atoms with Gasteiger partial charge in [-0.15, -0.1) is 0 Å². The van der Waals surface area contributed by atoms with Crippen LogP contribution in [0, 0.1) is 23.0 Å². The highest BCUT2D eigenvalue weighted by molar-refractivity contribution is 6.31. The number of hydrogen-bond donors (Lipinski definition) is 2. The first-order valence-electron chi connectivity index (χ1n) is 12.8. The van der Waals surface area contributed by atoms with E-state index < -0.39 is 46.6 Å². The van der Waals surface area contributed by atoms with Crippen LogP contribution in [0.5, 0.6) is 5.75 Å². The number of esters is 1. The summed E-state index contributed by atoms with van der Waals surface area (Å²) in [5.74, 6) is -3.37. The zero-order chi connectivity index (χ0) is 27.8. The van der Waals surface area contributed by atoms with Gasteiger partial charge >= 0.3 is 5.97 Å². The van der Waals surface area contributed by atoms with Crippen molar-refractivity contribution < 1.29 is 28.2 Å². The maximum atomic E-state index is 15.7. The van der Waals surface area contributed by atoms with Gasteiger partial charge in [0.1, 0.15) is 22.8 Å². The second kappa shape index (κ2) is 9.26. The summed E-state index contributed by atoms with van der Waals surface area (Å²) in [7, 11) is 0. The SMILES string of the molecule is CC(C)(C)C[C@H]1N[C@@H](C(=O)CC2CC(C)(O)C2)[C@H](c2cccc(Cl)c2F)[C@@]12C(=O)Oc1cc(Cl)c(F)cc12. The molecule has 1 spiro atoms. The highest BCUT2D eigenvalue weighted by Gasteiger charge is 2.67. The highest BCUT2D eigenvalue weighted by atomic mass is 35.5. The van der Waals surface area contributed by atoms with Crippen molar-refractivity contribution in [3.05, 3.63) is 63.1 Å². The first kappa shape index (κ1) is 27.5. The minimum Gasteiger partial charge on any atom is -0.425 e. The van der Waals surface area contributed by atoms with E-state index in [9.17, 15) is 19.1 Å². The van der Waals surface area contributed by atoms with Crippen molar-refractivity contribution in [1.29, 1.82) is 0 Å². The lowest BCUT2D eigenvalue weighted by atomic mass is 9.61. The molecule has 1 saturated carbocycles. The van der Waals surface area contributed by atoms with E-state index in [0.717, 1.165) is 0 Å². The van der Waals surface area contributed by atoms with Crippen LogP contribution in [0.4, 0.5) is 8.78 Å². The molecule has 2 aromatic carbocycles. The van der Waals surface area contributed by atoms with Crippen LogP contribution in [0.2, 0.25) is 10.0 Å². The van der Waals surface area contributed by atoms with Gasteiger partial charge < -0.3 is 15.2 Å². The summed E-state index contributed by atoms with van der Waals surface area (Å²) in [5, 5.41) is 13.2. The fraction of sp³-hybridized carbons (Fsp3) is 0.517. The van der Waals surface area contributed by atoms with E-state index in [4.69, 9.17) is 27.9 Å². The smallest absolute Gasteiger partial charge is 0.324 e. The maximum Gasteiger partial charge on any atom is 0.324 e. The van der Waals surface area contributed by atoms with Gasteiger partial charge in [-0.3, -0.25) is 9.59 Å². The third-order valence-electron chi connectivity index (χ3n) is 8.19. The summed E-state index contributed by atoms with van der Waals surface area (Å²) in [4.78, 5) is 27.9. The number of carbonyl (C=O) groups excluding carboxylic acids is 2. The maximum absolute atomic E-state index is 15.7. The molecule has 38 heavy (non-hydrogen) atoms. The minimum absolute atomic E-state index is 0.0270. The van der Waals surface area contributed by atoms with Crippen molar-refractivity contribution in [2.24, 2.45) is 11.3 Å². The van der Waals surface area contributed by atoms with E-state index in [-0.39, 0.29) is 50.5 Å². The molecule has 5 nitrogen and oxygen atoms in total. The number of carbonyl (C=O) groups is 2. The van der Waals surface area contributed by atoms with Crippen molar-refractivity contribution in [1.82, 2.24) is 5.32 Å². The molecule has 1 saturated heterocycles. The highest BCUT2D eigenvalue weighted by Crippen LogP contribution is 2.58. The van der Waals surface area contributed by atoms with E-state index in [1.165, 1.54) is 24.3 Å². The Labute approximate surface area is 230 Å². The average Bonchev–Trinajstić information content (AvgIpc) is 3.24. The van der Waals surface area contributed by atoms with Crippen LogP contribution in [-0.4, -0.2) is 34.5 Å². The summed E-state index contributed by atoms with van der Waals surface area (Å²) in [6.07, 6.45) is 1.52. The molecule has 0 amide bonds. The molecule has 2 heterocycles. The molecule has 3 aliphatic rings. The number of Topliss-reactive ketones (excluding diaryl/α,β-unsaturated/α-hetero) is 1. The van der Waals surface area contributed by atoms with Crippen LogP contribution in [0.1, 0.15) is 70.4 Å². The van der Waals surface area contributed by atoms with Crippen LogP contribution in [0.25, 0.3) is 0 Å². The Kier molecular flexibility index (Phi) is 6.70. The van der Waals surface area contributed by atoms with Gasteiger partial charge in [0.2, 0.25) is 0 Å². The molecule has 0 aromatic heterocycles. The van der Waals surface area contributed by atoms with Crippen molar-refractivity contribution >= 4 is 35.0 Å². The van der Waals surface area contributed by atoms with Gasteiger partial charge in [-0.25, -0.2) is 8.78 Å². The number of hydrogen-bond acceptors (Lipinski definition) is 5. The average molecular weight is 566 g/mol. The lowest BCUT2D eigenvalue weighted by molar-refractivity contribution is -0.139. The van der Waals surface area contributed by atoms with Crippen molar-refractivity contribution in [3.8, 4) is 5.75 Å².